The van der Waals surface area contributed by atoms with Crippen LogP contribution in [0.5, 0.6) is 0 Å². The maximum Gasteiger partial charge on any atom is 0.127 e. The SMILES string of the molecule is CC1C(C)(C)C2=C(C(C=O)CCC2)C1(C)C.CC1C(C)(C)C2=C(CCC=C2)C1(C)C. The summed E-state index contributed by atoms with van der Waals surface area (Å²) in [6.45, 7) is 23.7. The molecule has 0 aromatic rings. The monoisotopic (exact) mass is 410 g/mol. The van der Waals surface area contributed by atoms with Crippen LogP contribution in [0.2, 0.25) is 0 Å². The zero-order valence-electron chi connectivity index (χ0n) is 21.4. The number of carbonyl (C=O) groups excluding carboxylic acids is 1. The highest BCUT2D eigenvalue weighted by molar-refractivity contribution is 5.62. The number of aldehydes is 1. The van der Waals surface area contributed by atoms with Gasteiger partial charge in [0, 0.05) is 5.92 Å². The minimum atomic E-state index is 0.197. The highest BCUT2D eigenvalue weighted by Gasteiger charge is 2.52. The van der Waals surface area contributed by atoms with Gasteiger partial charge in [0.2, 0.25) is 0 Å². The molecular weight excluding hydrogens is 364 g/mol. The molecule has 0 amide bonds. The molecule has 1 heteroatoms. The lowest BCUT2D eigenvalue weighted by atomic mass is 9.69. The number of carbonyl (C=O) groups is 1. The highest BCUT2D eigenvalue weighted by atomic mass is 16.1. The number of allylic oxidation sites excluding steroid dienone is 6. The van der Waals surface area contributed by atoms with Gasteiger partial charge in [0.1, 0.15) is 6.29 Å². The van der Waals surface area contributed by atoms with Crippen molar-refractivity contribution < 1.29 is 4.79 Å². The smallest absolute Gasteiger partial charge is 0.127 e. The summed E-state index contributed by atoms with van der Waals surface area (Å²) in [4.78, 5) is 11.3. The number of hydrogen-bond acceptors (Lipinski definition) is 1. The molecule has 0 bridgehead atoms. The summed E-state index contributed by atoms with van der Waals surface area (Å²) < 4.78 is 0. The summed E-state index contributed by atoms with van der Waals surface area (Å²) in [5.74, 6) is 1.58. The van der Waals surface area contributed by atoms with E-state index in [1.165, 1.54) is 37.5 Å². The molecule has 168 valence electrons. The lowest BCUT2D eigenvalue weighted by Crippen LogP contribution is -2.29. The van der Waals surface area contributed by atoms with Crippen molar-refractivity contribution in [1.29, 1.82) is 0 Å². The molecule has 0 heterocycles. The summed E-state index contributed by atoms with van der Waals surface area (Å²) in [7, 11) is 0. The van der Waals surface area contributed by atoms with E-state index in [-0.39, 0.29) is 16.7 Å². The third kappa shape index (κ3) is 3.30. The standard InChI is InChI=1S/C15H24O.C14H22/c1-10-14(2,3)12-8-6-7-11(9-16)13(12)15(10,4)5;1-10-13(2,3)11-8-6-7-9-12(11)14(10,4)5/h9-11H,6-8H2,1-5H3;6,8,10H,7,9H2,1-5H3. The Labute approximate surface area is 186 Å². The van der Waals surface area contributed by atoms with Gasteiger partial charge in [-0.15, -0.1) is 0 Å². The maximum absolute atomic E-state index is 11.3. The molecule has 3 atom stereocenters. The van der Waals surface area contributed by atoms with Gasteiger partial charge in [0.25, 0.3) is 0 Å². The fourth-order valence-corrected chi connectivity index (χ4v) is 7.40. The summed E-state index contributed by atoms with van der Waals surface area (Å²) in [6.07, 6.45) is 11.9. The minimum Gasteiger partial charge on any atom is -0.303 e. The highest BCUT2D eigenvalue weighted by Crippen LogP contribution is 2.62. The molecule has 0 aliphatic heterocycles. The normalized spacial score (nSPS) is 34.8. The predicted octanol–water partition coefficient (Wildman–Crippen LogP) is 8.32. The van der Waals surface area contributed by atoms with Gasteiger partial charge in [-0.25, -0.2) is 0 Å². The Kier molecular flexibility index (Phi) is 5.88. The first kappa shape index (κ1) is 23.6. The van der Waals surface area contributed by atoms with E-state index in [9.17, 15) is 4.79 Å². The van der Waals surface area contributed by atoms with E-state index in [4.69, 9.17) is 0 Å². The molecule has 0 N–H and O–H groups in total. The first-order chi connectivity index (χ1) is 13.7. The fourth-order valence-electron chi connectivity index (χ4n) is 7.40. The zero-order chi connectivity index (χ0) is 22.7. The first-order valence-electron chi connectivity index (χ1n) is 12.3. The van der Waals surface area contributed by atoms with Crippen LogP contribution in [0.3, 0.4) is 0 Å². The topological polar surface area (TPSA) is 17.1 Å². The number of rotatable bonds is 1. The average molecular weight is 411 g/mol. The molecule has 0 saturated heterocycles. The minimum absolute atomic E-state index is 0.197. The van der Waals surface area contributed by atoms with Gasteiger partial charge in [-0.2, -0.15) is 0 Å². The molecule has 30 heavy (non-hydrogen) atoms. The Bertz CT molecular complexity index is 796. The quantitative estimate of drug-likeness (QED) is 0.314. The van der Waals surface area contributed by atoms with Crippen molar-refractivity contribution in [3.63, 3.8) is 0 Å². The Balaban J connectivity index is 0.000000172. The second kappa shape index (κ2) is 7.49. The molecule has 4 rings (SSSR count). The summed E-state index contributed by atoms with van der Waals surface area (Å²) in [5.41, 5.74) is 7.67. The van der Waals surface area contributed by atoms with Crippen molar-refractivity contribution >= 4 is 6.29 Å². The molecule has 0 radical (unpaired) electrons. The van der Waals surface area contributed by atoms with Gasteiger partial charge < -0.3 is 4.79 Å². The average Bonchev–Trinajstić information content (AvgIpc) is 2.93. The van der Waals surface area contributed by atoms with Crippen molar-refractivity contribution in [1.82, 2.24) is 0 Å². The van der Waals surface area contributed by atoms with Crippen molar-refractivity contribution in [3.05, 3.63) is 34.4 Å². The van der Waals surface area contributed by atoms with Crippen LogP contribution in [0.15, 0.2) is 34.4 Å². The van der Waals surface area contributed by atoms with Gasteiger partial charge in [0.05, 0.1) is 0 Å². The molecule has 4 aliphatic rings. The van der Waals surface area contributed by atoms with Crippen molar-refractivity contribution in [3.8, 4) is 0 Å². The van der Waals surface area contributed by atoms with Crippen LogP contribution in [0.1, 0.15) is 101 Å². The Morgan fingerprint density at radius 1 is 0.800 bits per heavy atom. The van der Waals surface area contributed by atoms with E-state index in [0.717, 1.165) is 12.3 Å². The van der Waals surface area contributed by atoms with Gasteiger partial charge in [-0.1, -0.05) is 98.1 Å². The summed E-state index contributed by atoms with van der Waals surface area (Å²) in [6, 6.07) is 0. The van der Waals surface area contributed by atoms with E-state index in [2.05, 4.69) is 81.4 Å². The third-order valence-corrected chi connectivity index (χ3v) is 10.2. The van der Waals surface area contributed by atoms with E-state index >= 15 is 0 Å². The van der Waals surface area contributed by atoms with Gasteiger partial charge in [-0.05, 0) is 71.2 Å². The molecule has 0 aromatic heterocycles. The zero-order valence-corrected chi connectivity index (χ0v) is 21.4. The van der Waals surface area contributed by atoms with Crippen LogP contribution >= 0.6 is 0 Å². The van der Waals surface area contributed by atoms with E-state index in [1.54, 1.807) is 16.7 Å². The Morgan fingerprint density at radius 2 is 1.37 bits per heavy atom. The molecule has 0 saturated carbocycles. The Morgan fingerprint density at radius 3 is 1.93 bits per heavy atom. The molecule has 3 unspecified atom stereocenters. The molecule has 0 spiro atoms. The molecular formula is C29H46O. The van der Waals surface area contributed by atoms with Crippen LogP contribution in [0.25, 0.3) is 0 Å². The third-order valence-electron chi connectivity index (χ3n) is 10.2. The van der Waals surface area contributed by atoms with Crippen LogP contribution in [-0.2, 0) is 4.79 Å². The van der Waals surface area contributed by atoms with Crippen molar-refractivity contribution in [2.45, 2.75) is 101 Å². The van der Waals surface area contributed by atoms with Gasteiger partial charge in [-0.3, -0.25) is 0 Å². The molecule has 0 aromatic carbocycles. The molecule has 4 aliphatic carbocycles. The molecule has 1 nitrogen and oxygen atoms in total. The largest absolute Gasteiger partial charge is 0.303 e. The Hall–Kier alpha value is -1.11. The van der Waals surface area contributed by atoms with Gasteiger partial charge in [0.15, 0.2) is 0 Å². The fraction of sp³-hybridized carbons (Fsp3) is 0.759. The second-order valence-corrected chi connectivity index (χ2v) is 12.7. The maximum atomic E-state index is 11.3. The second-order valence-electron chi connectivity index (χ2n) is 12.7. The van der Waals surface area contributed by atoms with Crippen LogP contribution < -0.4 is 0 Å². The van der Waals surface area contributed by atoms with Crippen LogP contribution in [-0.4, -0.2) is 6.29 Å². The summed E-state index contributed by atoms with van der Waals surface area (Å²) >= 11 is 0. The molecule has 0 fully saturated rings. The van der Waals surface area contributed by atoms with Crippen molar-refractivity contribution in [2.75, 3.05) is 0 Å². The van der Waals surface area contributed by atoms with E-state index < -0.39 is 0 Å². The van der Waals surface area contributed by atoms with E-state index in [1.807, 2.05) is 0 Å². The van der Waals surface area contributed by atoms with Crippen LogP contribution in [0.4, 0.5) is 0 Å². The predicted molar refractivity (Wildman–Crippen MR) is 129 cm³/mol. The lowest BCUT2D eigenvalue weighted by Gasteiger charge is -2.35. The van der Waals surface area contributed by atoms with E-state index in [0.29, 0.717) is 16.7 Å². The van der Waals surface area contributed by atoms with Gasteiger partial charge >= 0.3 is 0 Å². The van der Waals surface area contributed by atoms with Crippen LogP contribution in [0, 0.1) is 39.4 Å². The number of hydrogen-bond donors (Lipinski definition) is 0. The first-order valence-corrected chi connectivity index (χ1v) is 12.3. The summed E-state index contributed by atoms with van der Waals surface area (Å²) in [5, 5.41) is 0. The lowest BCUT2D eigenvalue weighted by molar-refractivity contribution is -0.110. The van der Waals surface area contributed by atoms with Crippen molar-refractivity contribution in [2.24, 2.45) is 39.4 Å².